The minimum absolute atomic E-state index is 0.0640. The van der Waals surface area contributed by atoms with Crippen molar-refractivity contribution in [3.63, 3.8) is 0 Å². The molecule has 0 fully saturated rings. The van der Waals surface area contributed by atoms with E-state index in [2.05, 4.69) is 32.9 Å². The Balaban J connectivity index is 3.74. The van der Waals surface area contributed by atoms with Gasteiger partial charge in [-0.3, -0.25) is 4.79 Å². The van der Waals surface area contributed by atoms with Gasteiger partial charge in [0.05, 0.1) is 0 Å². The third kappa shape index (κ3) is 33.7. The van der Waals surface area contributed by atoms with E-state index in [9.17, 15) is 4.79 Å². The summed E-state index contributed by atoms with van der Waals surface area (Å²) >= 11 is 0. The van der Waals surface area contributed by atoms with Crippen LogP contribution in [0.4, 0.5) is 0 Å². The highest BCUT2D eigenvalue weighted by Gasteiger charge is 2.14. The third-order valence-corrected chi connectivity index (χ3v) is 8.95. The lowest BCUT2D eigenvalue weighted by Crippen LogP contribution is -2.18. The molecular weight excluding hydrogens is 512 g/mol. The number of unbranched alkanes of at least 4 members (excludes halogenated alkanes) is 26. The van der Waals surface area contributed by atoms with Crippen LogP contribution in [0.1, 0.15) is 233 Å². The summed E-state index contributed by atoms with van der Waals surface area (Å²) in [4.78, 5) is 12.6. The highest BCUT2D eigenvalue weighted by atomic mass is 16.5. The first-order valence-electron chi connectivity index (χ1n) is 19.6. The molecule has 0 aliphatic heterocycles. The van der Waals surface area contributed by atoms with Gasteiger partial charge >= 0.3 is 5.97 Å². The first-order chi connectivity index (χ1) is 20.7. The molecule has 0 aliphatic carbocycles. The largest absolute Gasteiger partial charge is 0.462 e. The predicted octanol–water partition coefficient (Wildman–Crippen LogP) is 14.4. The second-order valence-electron chi connectivity index (χ2n) is 13.3. The van der Waals surface area contributed by atoms with Gasteiger partial charge in [-0.05, 0) is 57.8 Å². The normalized spacial score (nSPS) is 12.4. The second kappa shape index (κ2) is 36.4. The van der Waals surface area contributed by atoms with E-state index in [0.29, 0.717) is 6.42 Å². The molecule has 0 aromatic rings. The lowest BCUT2D eigenvalue weighted by Gasteiger charge is -2.18. The molecule has 0 saturated carbocycles. The zero-order valence-corrected chi connectivity index (χ0v) is 29.4. The number of carbonyl (C=O) groups is 1. The summed E-state index contributed by atoms with van der Waals surface area (Å²) in [5, 5.41) is 0. The summed E-state index contributed by atoms with van der Waals surface area (Å²) in [7, 11) is 0. The van der Waals surface area contributed by atoms with Crippen LogP contribution in [0.25, 0.3) is 0 Å². The summed E-state index contributed by atoms with van der Waals surface area (Å²) in [5.41, 5.74) is 0. The number of ether oxygens (including phenoxy) is 1. The average Bonchev–Trinajstić information content (AvgIpc) is 2.99. The lowest BCUT2D eigenvalue weighted by molar-refractivity contribution is -0.150. The molecule has 0 rings (SSSR count). The number of carbonyl (C=O) groups excluding carboxylic acids is 1. The molecule has 2 heteroatoms. The number of esters is 1. The molecule has 0 saturated heterocycles. The van der Waals surface area contributed by atoms with Crippen LogP contribution in [0.15, 0.2) is 12.2 Å². The summed E-state index contributed by atoms with van der Waals surface area (Å²) in [6, 6.07) is 0. The van der Waals surface area contributed by atoms with Gasteiger partial charge in [-0.15, -0.1) is 0 Å². The first kappa shape index (κ1) is 41.2. The SMILES string of the molecule is CCCCCCCC/C=C\CCCCCCCCCCCC(=O)OC(CCCCCCC)CCCCCCCCCC. The lowest BCUT2D eigenvalue weighted by atomic mass is 10.0. The van der Waals surface area contributed by atoms with Crippen molar-refractivity contribution in [3.05, 3.63) is 12.2 Å². The van der Waals surface area contributed by atoms with E-state index in [4.69, 9.17) is 4.74 Å². The van der Waals surface area contributed by atoms with Crippen molar-refractivity contribution in [2.45, 2.75) is 239 Å². The maximum absolute atomic E-state index is 12.6. The Kier molecular flexibility index (Phi) is 35.7. The van der Waals surface area contributed by atoms with Crippen molar-refractivity contribution in [1.82, 2.24) is 0 Å². The fourth-order valence-electron chi connectivity index (χ4n) is 6.04. The Bertz CT molecular complexity index is 540. The minimum atomic E-state index is 0.0640. The van der Waals surface area contributed by atoms with Gasteiger partial charge in [-0.25, -0.2) is 0 Å². The molecule has 0 bridgehead atoms. The fourth-order valence-corrected chi connectivity index (χ4v) is 6.04. The molecule has 0 aromatic carbocycles. The summed E-state index contributed by atoms with van der Waals surface area (Å²) in [6.45, 7) is 6.84. The van der Waals surface area contributed by atoms with Crippen LogP contribution in [0.3, 0.4) is 0 Å². The molecule has 0 heterocycles. The molecule has 0 spiro atoms. The maximum Gasteiger partial charge on any atom is 0.306 e. The summed E-state index contributed by atoms with van der Waals surface area (Å²) in [5.74, 6) is 0.0640. The van der Waals surface area contributed by atoms with E-state index in [1.165, 1.54) is 186 Å². The van der Waals surface area contributed by atoms with Crippen molar-refractivity contribution in [2.75, 3.05) is 0 Å². The van der Waals surface area contributed by atoms with Crippen LogP contribution in [-0.4, -0.2) is 12.1 Å². The van der Waals surface area contributed by atoms with Gasteiger partial charge in [0.1, 0.15) is 6.10 Å². The van der Waals surface area contributed by atoms with E-state index in [0.717, 1.165) is 19.3 Å². The Labute approximate surface area is 266 Å². The number of rotatable bonds is 35. The van der Waals surface area contributed by atoms with Gasteiger partial charge in [-0.2, -0.15) is 0 Å². The van der Waals surface area contributed by atoms with Crippen LogP contribution in [-0.2, 0) is 9.53 Å². The van der Waals surface area contributed by atoms with Gasteiger partial charge in [0.15, 0.2) is 0 Å². The van der Waals surface area contributed by atoms with Gasteiger partial charge in [0.25, 0.3) is 0 Å². The van der Waals surface area contributed by atoms with Crippen molar-refractivity contribution < 1.29 is 9.53 Å². The van der Waals surface area contributed by atoms with E-state index in [-0.39, 0.29) is 12.1 Å². The smallest absolute Gasteiger partial charge is 0.306 e. The highest BCUT2D eigenvalue weighted by molar-refractivity contribution is 5.69. The van der Waals surface area contributed by atoms with Gasteiger partial charge in [-0.1, -0.05) is 181 Å². The fraction of sp³-hybridized carbons (Fsp3) is 0.925. The number of hydrogen-bond acceptors (Lipinski definition) is 2. The van der Waals surface area contributed by atoms with Crippen LogP contribution in [0.2, 0.25) is 0 Å². The van der Waals surface area contributed by atoms with Crippen molar-refractivity contribution in [3.8, 4) is 0 Å². The third-order valence-electron chi connectivity index (χ3n) is 8.95. The standard InChI is InChI=1S/C40H78O2/c1-4-7-10-13-15-17-18-19-20-21-22-23-24-25-26-27-29-32-35-38-40(41)42-39(36-33-30-12-9-6-3)37-34-31-28-16-14-11-8-5-2/h19-20,39H,4-18,21-38H2,1-3H3/b20-19-. The van der Waals surface area contributed by atoms with E-state index in [1.54, 1.807) is 0 Å². The van der Waals surface area contributed by atoms with Crippen molar-refractivity contribution in [1.29, 1.82) is 0 Å². The maximum atomic E-state index is 12.6. The highest BCUT2D eigenvalue weighted by Crippen LogP contribution is 2.19. The Hall–Kier alpha value is -0.790. The predicted molar refractivity (Wildman–Crippen MR) is 188 cm³/mol. The van der Waals surface area contributed by atoms with Gasteiger partial charge in [0.2, 0.25) is 0 Å². The average molecular weight is 591 g/mol. The Morgan fingerprint density at radius 1 is 0.429 bits per heavy atom. The van der Waals surface area contributed by atoms with Crippen molar-refractivity contribution >= 4 is 5.97 Å². The summed E-state index contributed by atoms with van der Waals surface area (Å²) in [6.07, 6.45) is 47.5. The molecule has 1 atom stereocenters. The molecule has 2 nitrogen and oxygen atoms in total. The van der Waals surface area contributed by atoms with E-state index < -0.39 is 0 Å². The molecule has 0 N–H and O–H groups in total. The number of hydrogen-bond donors (Lipinski definition) is 0. The second-order valence-corrected chi connectivity index (χ2v) is 13.3. The molecule has 0 aromatic heterocycles. The Morgan fingerprint density at radius 2 is 0.738 bits per heavy atom. The van der Waals surface area contributed by atoms with Gasteiger partial charge in [0, 0.05) is 6.42 Å². The quantitative estimate of drug-likeness (QED) is 0.0417. The molecule has 0 aliphatic rings. The van der Waals surface area contributed by atoms with Crippen LogP contribution >= 0.6 is 0 Å². The first-order valence-corrected chi connectivity index (χ1v) is 19.6. The molecule has 1 unspecified atom stereocenters. The molecular formula is C40H78O2. The van der Waals surface area contributed by atoms with Crippen LogP contribution in [0.5, 0.6) is 0 Å². The monoisotopic (exact) mass is 591 g/mol. The molecule has 0 amide bonds. The molecule has 0 radical (unpaired) electrons. The van der Waals surface area contributed by atoms with Crippen LogP contribution < -0.4 is 0 Å². The Morgan fingerprint density at radius 3 is 1.12 bits per heavy atom. The van der Waals surface area contributed by atoms with Crippen molar-refractivity contribution in [2.24, 2.45) is 0 Å². The summed E-state index contributed by atoms with van der Waals surface area (Å²) < 4.78 is 6.01. The molecule has 250 valence electrons. The molecule has 42 heavy (non-hydrogen) atoms. The zero-order chi connectivity index (χ0) is 30.6. The van der Waals surface area contributed by atoms with E-state index in [1.807, 2.05) is 0 Å². The van der Waals surface area contributed by atoms with Crippen LogP contribution in [0, 0.1) is 0 Å². The number of allylic oxidation sites excluding steroid dienone is 2. The zero-order valence-electron chi connectivity index (χ0n) is 29.4. The minimum Gasteiger partial charge on any atom is -0.462 e. The topological polar surface area (TPSA) is 26.3 Å². The van der Waals surface area contributed by atoms with Gasteiger partial charge < -0.3 is 4.74 Å². The van der Waals surface area contributed by atoms with E-state index >= 15 is 0 Å².